The molecule has 0 aliphatic carbocycles. The van der Waals surface area contributed by atoms with Gasteiger partial charge in [-0.2, -0.15) is 0 Å². The Morgan fingerprint density at radius 3 is 2.65 bits per heavy atom. The van der Waals surface area contributed by atoms with Gasteiger partial charge in [0.2, 0.25) is 5.75 Å². The van der Waals surface area contributed by atoms with Crippen molar-refractivity contribution in [3.05, 3.63) is 55.0 Å². The van der Waals surface area contributed by atoms with Crippen molar-refractivity contribution in [2.75, 3.05) is 6.61 Å². The summed E-state index contributed by atoms with van der Waals surface area (Å²) in [5.74, 6) is -2.27. The third kappa shape index (κ3) is 3.96. The van der Waals surface area contributed by atoms with Gasteiger partial charge in [0.15, 0.2) is 11.5 Å². The molecule has 0 spiro atoms. The molecule has 0 aliphatic heterocycles. The van der Waals surface area contributed by atoms with Gasteiger partial charge in [0.1, 0.15) is 10.2 Å². The van der Waals surface area contributed by atoms with Crippen LogP contribution in [0.4, 0.5) is 5.69 Å². The molecule has 0 aliphatic rings. The number of halogens is 2. The number of nitro groups is 1. The maximum absolute atomic E-state index is 12.8. The standard InChI is InChI=1S/C20H16BrClN2O7/c1-4-30-20(27)15-11(10-5-12(24(28)29)17(26)13(25)6-10)7-31-18(15)14-8(2)16(22)9(3)23-19(14)21/h5-7,25-26H,4H2,1-3H3. The lowest BCUT2D eigenvalue weighted by Gasteiger charge is -2.12. The molecule has 31 heavy (non-hydrogen) atoms. The van der Waals surface area contributed by atoms with Gasteiger partial charge in [-0.15, -0.1) is 0 Å². The summed E-state index contributed by atoms with van der Waals surface area (Å²) in [6, 6.07) is 2.11. The molecule has 9 nitrogen and oxygen atoms in total. The summed E-state index contributed by atoms with van der Waals surface area (Å²) in [6.07, 6.45) is 1.21. The molecule has 162 valence electrons. The van der Waals surface area contributed by atoms with Crippen LogP contribution in [0, 0.1) is 24.0 Å². The van der Waals surface area contributed by atoms with E-state index in [0.29, 0.717) is 26.4 Å². The smallest absolute Gasteiger partial charge is 0.342 e. The van der Waals surface area contributed by atoms with Crippen LogP contribution in [-0.4, -0.2) is 32.7 Å². The van der Waals surface area contributed by atoms with E-state index in [-0.39, 0.29) is 29.1 Å². The van der Waals surface area contributed by atoms with Gasteiger partial charge in [-0.3, -0.25) is 10.1 Å². The Morgan fingerprint density at radius 2 is 2.03 bits per heavy atom. The number of carbonyl (C=O) groups is 1. The number of nitrogens with zero attached hydrogens (tertiary/aromatic N) is 2. The molecule has 0 unspecified atom stereocenters. The molecule has 1 aromatic carbocycles. The Balaban J connectivity index is 2.35. The highest BCUT2D eigenvalue weighted by Crippen LogP contribution is 2.45. The summed E-state index contributed by atoms with van der Waals surface area (Å²) in [6.45, 7) is 5.14. The summed E-state index contributed by atoms with van der Waals surface area (Å²) < 4.78 is 11.2. The van der Waals surface area contributed by atoms with Crippen molar-refractivity contribution in [1.82, 2.24) is 4.98 Å². The largest absolute Gasteiger partial charge is 0.504 e. The minimum atomic E-state index is -0.886. The van der Waals surface area contributed by atoms with Gasteiger partial charge >= 0.3 is 11.7 Å². The summed E-state index contributed by atoms with van der Waals surface area (Å²) in [5, 5.41) is 31.4. The highest BCUT2D eigenvalue weighted by atomic mass is 79.9. The molecule has 2 N–H and O–H groups in total. The number of aromatic hydroxyl groups is 2. The van der Waals surface area contributed by atoms with E-state index in [1.54, 1.807) is 20.8 Å². The van der Waals surface area contributed by atoms with Crippen molar-refractivity contribution < 1.29 is 29.1 Å². The molecular formula is C20H16BrClN2O7. The van der Waals surface area contributed by atoms with Crippen LogP contribution in [0.1, 0.15) is 28.5 Å². The average Bonchev–Trinajstić information content (AvgIpc) is 3.13. The van der Waals surface area contributed by atoms with E-state index < -0.39 is 28.1 Å². The van der Waals surface area contributed by atoms with E-state index in [1.165, 1.54) is 6.26 Å². The molecule has 2 aromatic heterocycles. The molecule has 3 rings (SSSR count). The number of pyridine rings is 1. The number of esters is 1. The number of aromatic nitrogens is 1. The molecule has 0 saturated heterocycles. The number of phenolic OH excluding ortho intramolecular Hbond substituents is 2. The second-order valence-electron chi connectivity index (χ2n) is 6.50. The van der Waals surface area contributed by atoms with E-state index in [9.17, 15) is 25.1 Å². The van der Waals surface area contributed by atoms with Crippen LogP contribution < -0.4 is 0 Å². The molecule has 0 saturated carbocycles. The number of nitro benzene ring substituents is 1. The third-order valence-electron chi connectivity index (χ3n) is 4.57. The predicted molar refractivity (Wildman–Crippen MR) is 115 cm³/mol. The number of carbonyl (C=O) groups excluding carboxylic acids is 1. The second kappa shape index (κ2) is 8.56. The summed E-state index contributed by atoms with van der Waals surface area (Å²) in [5.41, 5.74) is 0.985. The van der Waals surface area contributed by atoms with Crippen LogP contribution in [-0.2, 0) is 4.74 Å². The summed E-state index contributed by atoms with van der Waals surface area (Å²) in [4.78, 5) is 27.6. The monoisotopic (exact) mass is 510 g/mol. The van der Waals surface area contributed by atoms with E-state index in [2.05, 4.69) is 20.9 Å². The van der Waals surface area contributed by atoms with Crippen molar-refractivity contribution in [2.45, 2.75) is 20.8 Å². The fourth-order valence-electron chi connectivity index (χ4n) is 3.11. The van der Waals surface area contributed by atoms with Crippen molar-refractivity contribution in [3.8, 4) is 33.9 Å². The fraction of sp³-hybridized carbons (Fsp3) is 0.200. The van der Waals surface area contributed by atoms with Crippen LogP contribution >= 0.6 is 27.5 Å². The van der Waals surface area contributed by atoms with E-state index in [1.807, 2.05) is 0 Å². The Labute approximate surface area is 189 Å². The minimum absolute atomic E-state index is 0.0354. The lowest BCUT2D eigenvalue weighted by molar-refractivity contribution is -0.385. The average molecular weight is 512 g/mol. The van der Waals surface area contributed by atoms with Gasteiger partial charge in [0.25, 0.3) is 0 Å². The molecular weight excluding hydrogens is 496 g/mol. The zero-order valence-corrected chi connectivity index (χ0v) is 18.9. The lowest BCUT2D eigenvalue weighted by Crippen LogP contribution is -2.07. The highest BCUT2D eigenvalue weighted by molar-refractivity contribution is 9.10. The zero-order chi connectivity index (χ0) is 23.0. The Kier molecular flexibility index (Phi) is 6.23. The topological polar surface area (TPSA) is 136 Å². The maximum atomic E-state index is 12.8. The van der Waals surface area contributed by atoms with Crippen molar-refractivity contribution >= 4 is 39.2 Å². The van der Waals surface area contributed by atoms with Crippen LogP contribution in [0.5, 0.6) is 11.5 Å². The normalized spacial score (nSPS) is 10.9. The van der Waals surface area contributed by atoms with Crippen LogP contribution in [0.3, 0.4) is 0 Å². The number of ether oxygens (including phenoxy) is 1. The van der Waals surface area contributed by atoms with Crippen molar-refractivity contribution in [3.63, 3.8) is 0 Å². The first-order valence-corrected chi connectivity index (χ1v) is 10.1. The quantitative estimate of drug-likeness (QED) is 0.150. The molecule has 11 heteroatoms. The maximum Gasteiger partial charge on any atom is 0.342 e. The van der Waals surface area contributed by atoms with Crippen LogP contribution in [0.2, 0.25) is 5.02 Å². The number of hydrogen-bond donors (Lipinski definition) is 2. The van der Waals surface area contributed by atoms with Crippen LogP contribution in [0.25, 0.3) is 22.5 Å². The Bertz CT molecular complexity index is 1220. The van der Waals surface area contributed by atoms with Crippen molar-refractivity contribution in [2.24, 2.45) is 0 Å². The first-order chi connectivity index (χ1) is 14.6. The van der Waals surface area contributed by atoms with Crippen LogP contribution in [0.15, 0.2) is 27.4 Å². The number of rotatable bonds is 5. The second-order valence-corrected chi connectivity index (χ2v) is 7.63. The minimum Gasteiger partial charge on any atom is -0.504 e. The molecule has 0 atom stereocenters. The highest BCUT2D eigenvalue weighted by Gasteiger charge is 2.30. The summed E-state index contributed by atoms with van der Waals surface area (Å²) in [7, 11) is 0. The number of hydrogen-bond acceptors (Lipinski definition) is 8. The molecule has 2 heterocycles. The van der Waals surface area contributed by atoms with Gasteiger partial charge in [-0.05, 0) is 53.9 Å². The molecule has 0 fully saturated rings. The van der Waals surface area contributed by atoms with Gasteiger partial charge in [-0.25, -0.2) is 9.78 Å². The number of furan rings is 1. The molecule has 0 amide bonds. The van der Waals surface area contributed by atoms with E-state index >= 15 is 0 Å². The fourth-order valence-corrected chi connectivity index (χ4v) is 3.99. The molecule has 0 radical (unpaired) electrons. The number of phenols is 2. The Hall–Kier alpha value is -3.11. The predicted octanol–water partition coefficient (Wildman–Crippen LogP) is 5.54. The van der Waals surface area contributed by atoms with Gasteiger partial charge < -0.3 is 19.4 Å². The number of aryl methyl sites for hydroxylation is 1. The Morgan fingerprint density at radius 1 is 1.35 bits per heavy atom. The van der Waals surface area contributed by atoms with Crippen molar-refractivity contribution in [1.29, 1.82) is 0 Å². The van der Waals surface area contributed by atoms with E-state index in [4.69, 9.17) is 20.8 Å². The first kappa shape index (κ1) is 22.6. The molecule has 0 bridgehead atoms. The van der Waals surface area contributed by atoms with E-state index in [0.717, 1.165) is 12.1 Å². The summed E-state index contributed by atoms with van der Waals surface area (Å²) >= 11 is 9.70. The lowest BCUT2D eigenvalue weighted by atomic mass is 9.98. The van der Waals surface area contributed by atoms with Gasteiger partial charge in [0, 0.05) is 11.6 Å². The van der Waals surface area contributed by atoms with Gasteiger partial charge in [0.05, 0.1) is 34.1 Å². The number of benzene rings is 1. The third-order valence-corrected chi connectivity index (χ3v) is 5.70. The SMILES string of the molecule is CCOC(=O)c1c(-c2cc(O)c(O)c([N+](=O)[O-])c2)coc1-c1c(Br)nc(C)c(Cl)c1C. The zero-order valence-electron chi connectivity index (χ0n) is 16.5. The van der Waals surface area contributed by atoms with Gasteiger partial charge in [-0.1, -0.05) is 11.6 Å². The molecule has 3 aromatic rings. The first-order valence-electron chi connectivity index (χ1n) is 8.90.